The lowest BCUT2D eigenvalue weighted by molar-refractivity contribution is -0.127. The molecule has 2 rings (SSSR count). The minimum Gasteiger partial charge on any atom is -0.369 e. The minimum absolute atomic E-state index is 0. The van der Waals surface area contributed by atoms with Crippen molar-refractivity contribution in [2.75, 3.05) is 19.6 Å². The van der Waals surface area contributed by atoms with Gasteiger partial charge in [-0.25, -0.2) is 0 Å². The van der Waals surface area contributed by atoms with E-state index in [9.17, 15) is 9.59 Å². The van der Waals surface area contributed by atoms with Crippen LogP contribution in [0.2, 0.25) is 0 Å². The Morgan fingerprint density at radius 1 is 1.37 bits per heavy atom. The number of carbonyl (C=O) groups is 2. The van der Waals surface area contributed by atoms with Crippen LogP contribution in [0.25, 0.3) is 0 Å². The zero-order valence-corrected chi connectivity index (χ0v) is 12.4. The molecule has 19 heavy (non-hydrogen) atoms. The first-order chi connectivity index (χ1) is 8.37. The van der Waals surface area contributed by atoms with Crippen molar-refractivity contribution in [3.8, 4) is 0 Å². The van der Waals surface area contributed by atoms with Gasteiger partial charge >= 0.3 is 0 Å². The molecule has 4 N–H and O–H groups in total. The molecule has 6 heteroatoms. The predicted octanol–water partition coefficient (Wildman–Crippen LogP) is 0.426. The molecule has 0 aromatic heterocycles. The second-order valence-electron chi connectivity index (χ2n) is 6.34. The number of rotatable bonds is 4. The maximum Gasteiger partial charge on any atom is 0.224 e. The number of piperidine rings is 1. The molecular formula is C13H24ClN3O2. The van der Waals surface area contributed by atoms with Crippen molar-refractivity contribution >= 4 is 24.2 Å². The number of carbonyl (C=O) groups excluding carboxylic acids is 2. The van der Waals surface area contributed by atoms with Crippen molar-refractivity contribution < 1.29 is 9.59 Å². The van der Waals surface area contributed by atoms with Crippen LogP contribution in [0.15, 0.2) is 0 Å². The van der Waals surface area contributed by atoms with Gasteiger partial charge in [0, 0.05) is 12.5 Å². The van der Waals surface area contributed by atoms with Gasteiger partial charge in [0.25, 0.3) is 0 Å². The lowest BCUT2D eigenvalue weighted by atomic mass is 9.90. The molecule has 2 fully saturated rings. The smallest absolute Gasteiger partial charge is 0.224 e. The molecule has 1 heterocycles. The molecule has 2 aliphatic rings. The third kappa shape index (κ3) is 3.39. The summed E-state index contributed by atoms with van der Waals surface area (Å²) in [6, 6.07) is 0. The van der Waals surface area contributed by atoms with Gasteiger partial charge in [-0.05, 0) is 51.6 Å². The van der Waals surface area contributed by atoms with Gasteiger partial charge in [-0.15, -0.1) is 12.4 Å². The van der Waals surface area contributed by atoms with Gasteiger partial charge in [-0.1, -0.05) is 0 Å². The number of halogens is 1. The highest BCUT2D eigenvalue weighted by molar-refractivity contribution is 5.85. The van der Waals surface area contributed by atoms with Crippen LogP contribution >= 0.6 is 12.4 Å². The highest BCUT2D eigenvalue weighted by Crippen LogP contribution is 2.58. The van der Waals surface area contributed by atoms with E-state index in [1.165, 1.54) is 0 Å². The molecule has 2 amide bonds. The Balaban J connectivity index is 0.00000180. The summed E-state index contributed by atoms with van der Waals surface area (Å²) in [6.07, 6.45) is 3.17. The molecule has 1 atom stereocenters. The molecule has 1 spiro atoms. The maximum absolute atomic E-state index is 12.1. The van der Waals surface area contributed by atoms with E-state index in [0.29, 0.717) is 6.54 Å². The fourth-order valence-electron chi connectivity index (χ4n) is 2.71. The highest BCUT2D eigenvalue weighted by atomic mass is 35.5. The zero-order valence-electron chi connectivity index (χ0n) is 11.6. The number of nitrogens with one attached hydrogen (secondary N) is 2. The number of hydrogen-bond acceptors (Lipinski definition) is 3. The summed E-state index contributed by atoms with van der Waals surface area (Å²) >= 11 is 0. The van der Waals surface area contributed by atoms with Gasteiger partial charge in [0.2, 0.25) is 11.8 Å². The number of amides is 2. The summed E-state index contributed by atoms with van der Waals surface area (Å²) < 4.78 is 0. The van der Waals surface area contributed by atoms with Gasteiger partial charge in [-0.2, -0.15) is 0 Å². The summed E-state index contributed by atoms with van der Waals surface area (Å²) in [4.78, 5) is 23.2. The van der Waals surface area contributed by atoms with Crippen molar-refractivity contribution in [2.45, 2.75) is 33.1 Å². The molecule has 1 saturated carbocycles. The van der Waals surface area contributed by atoms with Crippen LogP contribution in [0, 0.1) is 16.7 Å². The molecule has 0 aromatic rings. The first-order valence-corrected chi connectivity index (χ1v) is 6.66. The molecule has 1 aliphatic carbocycles. The Morgan fingerprint density at radius 2 is 1.95 bits per heavy atom. The third-order valence-corrected chi connectivity index (χ3v) is 4.48. The second-order valence-corrected chi connectivity index (χ2v) is 6.34. The molecule has 110 valence electrons. The molecule has 1 saturated heterocycles. The van der Waals surface area contributed by atoms with E-state index in [1.807, 2.05) is 0 Å². The van der Waals surface area contributed by atoms with Crippen LogP contribution < -0.4 is 16.4 Å². The molecule has 0 radical (unpaired) electrons. The van der Waals surface area contributed by atoms with Crippen molar-refractivity contribution in [1.82, 2.24) is 10.6 Å². The Kier molecular flexibility index (Phi) is 4.85. The van der Waals surface area contributed by atoms with Gasteiger partial charge in [0.15, 0.2) is 0 Å². The Morgan fingerprint density at radius 3 is 2.47 bits per heavy atom. The molecule has 5 nitrogen and oxygen atoms in total. The van der Waals surface area contributed by atoms with Crippen molar-refractivity contribution in [1.29, 1.82) is 0 Å². The number of primary amides is 1. The van der Waals surface area contributed by atoms with E-state index in [2.05, 4.69) is 10.6 Å². The van der Waals surface area contributed by atoms with Crippen molar-refractivity contribution in [3.63, 3.8) is 0 Å². The lowest BCUT2D eigenvalue weighted by Gasteiger charge is -2.24. The van der Waals surface area contributed by atoms with E-state index < -0.39 is 5.41 Å². The molecule has 1 unspecified atom stereocenters. The van der Waals surface area contributed by atoms with Crippen molar-refractivity contribution in [3.05, 3.63) is 0 Å². The van der Waals surface area contributed by atoms with Gasteiger partial charge in [0.05, 0.1) is 5.41 Å². The second kappa shape index (κ2) is 5.67. The van der Waals surface area contributed by atoms with E-state index in [0.717, 1.165) is 32.4 Å². The van der Waals surface area contributed by atoms with E-state index in [4.69, 9.17) is 5.73 Å². The molecule has 0 bridgehead atoms. The summed E-state index contributed by atoms with van der Waals surface area (Å²) in [6.45, 7) is 5.85. The minimum atomic E-state index is -0.675. The fourth-order valence-corrected chi connectivity index (χ4v) is 2.71. The van der Waals surface area contributed by atoms with Crippen LogP contribution in [0.1, 0.15) is 33.1 Å². The largest absolute Gasteiger partial charge is 0.369 e. The molecular weight excluding hydrogens is 266 g/mol. The highest BCUT2D eigenvalue weighted by Gasteiger charge is 2.57. The summed E-state index contributed by atoms with van der Waals surface area (Å²) in [7, 11) is 0. The van der Waals surface area contributed by atoms with E-state index >= 15 is 0 Å². The quantitative estimate of drug-likeness (QED) is 0.701. The Labute approximate surface area is 120 Å². The third-order valence-electron chi connectivity index (χ3n) is 4.48. The van der Waals surface area contributed by atoms with Gasteiger partial charge in [-0.3, -0.25) is 9.59 Å². The Hall–Kier alpha value is -0.810. The number of nitrogens with two attached hydrogens (primary N) is 1. The summed E-state index contributed by atoms with van der Waals surface area (Å²) in [5.41, 5.74) is 4.85. The first-order valence-electron chi connectivity index (χ1n) is 6.66. The van der Waals surface area contributed by atoms with Crippen LogP contribution in [-0.4, -0.2) is 31.4 Å². The predicted molar refractivity (Wildman–Crippen MR) is 75.9 cm³/mol. The van der Waals surface area contributed by atoms with E-state index in [1.54, 1.807) is 13.8 Å². The first kappa shape index (κ1) is 16.2. The van der Waals surface area contributed by atoms with E-state index in [-0.39, 0.29) is 35.6 Å². The number of hydrogen-bond donors (Lipinski definition) is 3. The van der Waals surface area contributed by atoms with Gasteiger partial charge in [0.1, 0.15) is 0 Å². The van der Waals surface area contributed by atoms with Crippen molar-refractivity contribution in [2.24, 2.45) is 22.5 Å². The average molecular weight is 290 g/mol. The maximum atomic E-state index is 12.1. The van der Waals surface area contributed by atoms with Gasteiger partial charge < -0.3 is 16.4 Å². The topological polar surface area (TPSA) is 84.2 Å². The zero-order chi connectivity index (χ0) is 13.4. The molecule has 0 aromatic carbocycles. The SMILES string of the molecule is CC(C)(CNC(=O)C1CC12CCNCC2)C(N)=O.Cl. The summed E-state index contributed by atoms with van der Waals surface area (Å²) in [5.74, 6) is -0.148. The summed E-state index contributed by atoms with van der Waals surface area (Å²) in [5, 5.41) is 6.20. The Bertz CT molecular complexity index is 365. The van der Waals surface area contributed by atoms with Crippen LogP contribution in [0.5, 0.6) is 0 Å². The fraction of sp³-hybridized carbons (Fsp3) is 0.846. The monoisotopic (exact) mass is 289 g/mol. The lowest BCUT2D eigenvalue weighted by Crippen LogP contribution is -2.43. The van der Waals surface area contributed by atoms with Crippen LogP contribution in [-0.2, 0) is 9.59 Å². The normalized spacial score (nSPS) is 24.4. The standard InChI is InChI=1S/C13H23N3O2.ClH/c1-12(2,11(14)18)8-16-10(17)9-7-13(9)3-5-15-6-4-13;/h9,15H,3-8H2,1-2H3,(H2,14,18)(H,16,17);1H. The van der Waals surface area contributed by atoms with Crippen LogP contribution in [0.3, 0.4) is 0 Å². The average Bonchev–Trinajstić information content (AvgIpc) is 3.01. The van der Waals surface area contributed by atoms with Crippen LogP contribution in [0.4, 0.5) is 0 Å². The molecule has 1 aliphatic heterocycles.